The van der Waals surface area contributed by atoms with Gasteiger partial charge >= 0.3 is 0 Å². The third-order valence-corrected chi connectivity index (χ3v) is 4.83. The number of amides is 1. The van der Waals surface area contributed by atoms with Gasteiger partial charge in [-0.1, -0.05) is 0 Å². The number of ether oxygens (including phenoxy) is 1. The Morgan fingerprint density at radius 2 is 1.52 bits per heavy atom. The zero-order valence-electron chi connectivity index (χ0n) is 17.1. The van der Waals surface area contributed by atoms with E-state index >= 15 is 0 Å². The molecule has 0 unspecified atom stereocenters. The number of anilines is 1. The van der Waals surface area contributed by atoms with Gasteiger partial charge in [-0.15, -0.1) is 0 Å². The molecular weight excluding hydrogens is 394 g/mol. The van der Waals surface area contributed by atoms with Gasteiger partial charge in [0, 0.05) is 55.7 Å². The number of carbonyl (C=O) groups is 2. The van der Waals surface area contributed by atoms with Gasteiger partial charge in [-0.25, -0.2) is 9.97 Å². The Morgan fingerprint density at radius 1 is 0.871 bits per heavy atom. The van der Waals surface area contributed by atoms with Crippen LogP contribution in [0.1, 0.15) is 32.4 Å². The zero-order valence-corrected chi connectivity index (χ0v) is 17.1. The van der Waals surface area contributed by atoms with Crippen molar-refractivity contribution in [1.29, 1.82) is 0 Å². The number of rotatable bonds is 7. The number of nitrogens with zero attached hydrogens (tertiary/aromatic N) is 4. The smallest absolute Gasteiger partial charge is 0.255 e. The van der Waals surface area contributed by atoms with Crippen LogP contribution in [0.4, 0.5) is 5.69 Å². The number of carbonyl (C=O) groups excluding carboxylic acids is 2. The molecule has 8 heteroatoms. The summed E-state index contributed by atoms with van der Waals surface area (Å²) in [6, 6.07) is 13.6. The molecule has 0 aliphatic carbocycles. The van der Waals surface area contributed by atoms with E-state index in [-0.39, 0.29) is 11.7 Å². The first-order chi connectivity index (χ1) is 15.0. The Labute approximate surface area is 179 Å². The predicted octanol–water partition coefficient (Wildman–Crippen LogP) is 3.22. The monoisotopic (exact) mass is 415 g/mol. The van der Waals surface area contributed by atoms with Crippen LogP contribution >= 0.6 is 0 Å². The number of benzene rings is 2. The predicted molar refractivity (Wildman–Crippen MR) is 115 cm³/mol. The lowest BCUT2D eigenvalue weighted by Gasteiger charge is -2.09. The number of nitrogens with one attached hydrogen (secondary N) is 1. The molecule has 0 saturated carbocycles. The van der Waals surface area contributed by atoms with Crippen molar-refractivity contribution in [2.24, 2.45) is 14.1 Å². The van der Waals surface area contributed by atoms with E-state index in [0.717, 1.165) is 5.82 Å². The van der Waals surface area contributed by atoms with Gasteiger partial charge < -0.3 is 19.2 Å². The average Bonchev–Trinajstić information content (AvgIpc) is 3.40. The standard InChI is InChI=1S/C23H21N5O3/c1-27-13-11-24-20(27)15-31-19-9-5-17(6-10-19)23(30)26-18-7-3-16(4-8-18)21(29)22-25-12-14-28(22)2/h3-14H,15H2,1-2H3,(H,26,30). The molecule has 2 aromatic heterocycles. The van der Waals surface area contributed by atoms with E-state index in [1.165, 1.54) is 0 Å². The van der Waals surface area contributed by atoms with Crippen LogP contribution in [0.3, 0.4) is 0 Å². The fraction of sp³-hybridized carbons (Fsp3) is 0.130. The lowest BCUT2D eigenvalue weighted by atomic mass is 10.1. The van der Waals surface area contributed by atoms with Crippen molar-refractivity contribution in [2.45, 2.75) is 6.61 Å². The molecule has 0 atom stereocenters. The average molecular weight is 415 g/mol. The fourth-order valence-corrected chi connectivity index (χ4v) is 3.01. The van der Waals surface area contributed by atoms with E-state index in [2.05, 4.69) is 15.3 Å². The Morgan fingerprint density at radius 3 is 2.13 bits per heavy atom. The van der Waals surface area contributed by atoms with Crippen LogP contribution in [0.5, 0.6) is 5.75 Å². The Kier molecular flexibility index (Phi) is 5.61. The van der Waals surface area contributed by atoms with Gasteiger partial charge in [-0.3, -0.25) is 9.59 Å². The van der Waals surface area contributed by atoms with Crippen molar-refractivity contribution in [2.75, 3.05) is 5.32 Å². The molecule has 1 amide bonds. The largest absolute Gasteiger partial charge is 0.486 e. The fourth-order valence-electron chi connectivity index (χ4n) is 3.01. The summed E-state index contributed by atoms with van der Waals surface area (Å²) in [4.78, 5) is 33.3. The maximum Gasteiger partial charge on any atom is 0.255 e. The Bertz CT molecular complexity index is 1210. The molecule has 156 valence electrons. The maximum absolute atomic E-state index is 12.5. The quantitative estimate of drug-likeness (QED) is 0.468. The highest BCUT2D eigenvalue weighted by Crippen LogP contribution is 2.17. The second-order valence-electron chi connectivity index (χ2n) is 6.99. The van der Waals surface area contributed by atoms with E-state index in [9.17, 15) is 9.59 Å². The van der Waals surface area contributed by atoms with E-state index in [4.69, 9.17) is 4.74 Å². The molecule has 0 radical (unpaired) electrons. The molecular formula is C23H21N5O3. The highest BCUT2D eigenvalue weighted by atomic mass is 16.5. The first-order valence-electron chi connectivity index (χ1n) is 9.64. The molecule has 8 nitrogen and oxygen atoms in total. The molecule has 2 aromatic carbocycles. The molecule has 0 spiro atoms. The molecule has 0 aliphatic heterocycles. The van der Waals surface area contributed by atoms with Crippen molar-refractivity contribution in [3.8, 4) is 5.75 Å². The van der Waals surface area contributed by atoms with Crippen molar-refractivity contribution < 1.29 is 14.3 Å². The highest BCUT2D eigenvalue weighted by Gasteiger charge is 2.14. The van der Waals surface area contributed by atoms with Gasteiger partial charge in [-0.2, -0.15) is 0 Å². The van der Waals surface area contributed by atoms with Crippen molar-refractivity contribution in [1.82, 2.24) is 19.1 Å². The molecule has 4 aromatic rings. The zero-order chi connectivity index (χ0) is 21.8. The first-order valence-corrected chi connectivity index (χ1v) is 9.64. The molecule has 4 rings (SSSR count). The summed E-state index contributed by atoms with van der Waals surface area (Å²) in [5, 5.41) is 2.83. The summed E-state index contributed by atoms with van der Waals surface area (Å²) in [6.07, 6.45) is 6.87. The molecule has 31 heavy (non-hydrogen) atoms. The number of aromatic nitrogens is 4. The van der Waals surface area contributed by atoms with Crippen LogP contribution < -0.4 is 10.1 Å². The van der Waals surface area contributed by atoms with Crippen molar-refractivity contribution in [3.63, 3.8) is 0 Å². The maximum atomic E-state index is 12.5. The topological polar surface area (TPSA) is 91.0 Å². The summed E-state index contributed by atoms with van der Waals surface area (Å²) < 4.78 is 9.26. The third kappa shape index (κ3) is 4.53. The van der Waals surface area contributed by atoms with Gasteiger partial charge in [0.25, 0.3) is 5.91 Å². The lowest BCUT2D eigenvalue weighted by Crippen LogP contribution is -2.12. The van der Waals surface area contributed by atoms with Crippen molar-refractivity contribution >= 4 is 17.4 Å². The summed E-state index contributed by atoms with van der Waals surface area (Å²) >= 11 is 0. The molecule has 0 fully saturated rings. The van der Waals surface area contributed by atoms with Crippen LogP contribution in [-0.2, 0) is 20.7 Å². The summed E-state index contributed by atoms with van der Waals surface area (Å²) in [7, 11) is 3.67. The third-order valence-electron chi connectivity index (χ3n) is 4.83. The SMILES string of the molecule is Cn1ccnc1COc1ccc(C(=O)Nc2ccc(C(=O)c3nccn3C)cc2)cc1. The minimum atomic E-state index is -0.251. The molecule has 0 bridgehead atoms. The molecule has 0 aliphatic rings. The van der Waals surface area contributed by atoms with Crippen LogP contribution in [0.15, 0.2) is 73.3 Å². The second kappa shape index (κ2) is 8.66. The van der Waals surface area contributed by atoms with Gasteiger partial charge in [0.15, 0.2) is 5.82 Å². The summed E-state index contributed by atoms with van der Waals surface area (Å²) in [5.41, 5.74) is 1.59. The number of hydrogen-bond acceptors (Lipinski definition) is 5. The number of imidazole rings is 2. The van der Waals surface area contributed by atoms with Crippen LogP contribution in [-0.4, -0.2) is 30.8 Å². The van der Waals surface area contributed by atoms with E-state index < -0.39 is 0 Å². The summed E-state index contributed by atoms with van der Waals surface area (Å²) in [5.74, 6) is 1.40. The van der Waals surface area contributed by atoms with E-state index in [0.29, 0.717) is 35.0 Å². The normalized spacial score (nSPS) is 10.6. The van der Waals surface area contributed by atoms with Crippen LogP contribution in [0, 0.1) is 0 Å². The van der Waals surface area contributed by atoms with E-state index in [1.807, 2.05) is 17.8 Å². The van der Waals surface area contributed by atoms with Crippen LogP contribution in [0.25, 0.3) is 0 Å². The van der Waals surface area contributed by atoms with Crippen molar-refractivity contribution in [3.05, 3.63) is 96.1 Å². The summed E-state index contributed by atoms with van der Waals surface area (Å²) in [6.45, 7) is 0.346. The molecule has 1 N–H and O–H groups in total. The lowest BCUT2D eigenvalue weighted by molar-refractivity contribution is 0.102. The van der Waals surface area contributed by atoms with Gasteiger partial charge in [0.2, 0.25) is 5.78 Å². The molecule has 0 saturated heterocycles. The first kappa shape index (κ1) is 20.1. The van der Waals surface area contributed by atoms with Crippen LogP contribution in [0.2, 0.25) is 0 Å². The highest BCUT2D eigenvalue weighted by molar-refractivity contribution is 6.07. The number of aryl methyl sites for hydroxylation is 2. The Balaban J connectivity index is 1.36. The van der Waals surface area contributed by atoms with Gasteiger partial charge in [0.05, 0.1) is 0 Å². The van der Waals surface area contributed by atoms with Gasteiger partial charge in [0.1, 0.15) is 18.2 Å². The minimum absolute atomic E-state index is 0.175. The molecule has 2 heterocycles. The number of ketones is 1. The van der Waals surface area contributed by atoms with E-state index in [1.54, 1.807) is 78.7 Å². The number of hydrogen-bond donors (Lipinski definition) is 1. The Hall–Kier alpha value is -4.20. The second-order valence-corrected chi connectivity index (χ2v) is 6.99. The van der Waals surface area contributed by atoms with Gasteiger partial charge in [-0.05, 0) is 48.5 Å². The minimum Gasteiger partial charge on any atom is -0.486 e.